The van der Waals surface area contributed by atoms with Gasteiger partial charge < -0.3 is 5.32 Å². The predicted octanol–water partition coefficient (Wildman–Crippen LogP) is 2.82. The molecule has 0 saturated heterocycles. The smallest absolute Gasteiger partial charge is 0.273 e. The minimum Gasteiger partial charge on any atom is -0.350 e. The Hall–Kier alpha value is -3.60. The third-order valence-corrected chi connectivity index (χ3v) is 4.82. The van der Waals surface area contributed by atoms with Gasteiger partial charge in [0.25, 0.3) is 5.91 Å². The van der Waals surface area contributed by atoms with E-state index in [1.165, 1.54) is 0 Å². The van der Waals surface area contributed by atoms with Gasteiger partial charge in [0, 0.05) is 37.4 Å². The van der Waals surface area contributed by atoms with Crippen LogP contribution in [0.2, 0.25) is 0 Å². The number of carbonyl (C=O) groups excluding carboxylic acids is 1. The highest BCUT2D eigenvalue weighted by Crippen LogP contribution is 2.36. The molecule has 0 fully saturated rings. The summed E-state index contributed by atoms with van der Waals surface area (Å²) in [6.07, 6.45) is 9.00. The van der Waals surface area contributed by atoms with Gasteiger partial charge in [-0.15, -0.1) is 17.4 Å². The van der Waals surface area contributed by atoms with E-state index in [1.807, 2.05) is 37.3 Å². The zero-order chi connectivity index (χ0) is 19.6. The number of benzene rings is 1. The Bertz CT molecular complexity index is 1100. The molecular formula is C20H19N7O. The molecule has 8 nitrogen and oxygen atoms in total. The average Bonchev–Trinajstić information content (AvgIpc) is 3.38. The van der Waals surface area contributed by atoms with Crippen molar-refractivity contribution in [2.24, 2.45) is 10.2 Å². The largest absolute Gasteiger partial charge is 0.350 e. The van der Waals surface area contributed by atoms with Crippen molar-refractivity contribution in [1.29, 1.82) is 0 Å². The van der Waals surface area contributed by atoms with Crippen LogP contribution in [0.25, 0.3) is 16.6 Å². The third-order valence-electron chi connectivity index (χ3n) is 4.82. The van der Waals surface area contributed by atoms with E-state index >= 15 is 0 Å². The lowest BCUT2D eigenvalue weighted by atomic mass is 10.0. The van der Waals surface area contributed by atoms with Crippen molar-refractivity contribution in [2.45, 2.75) is 31.8 Å². The second-order valence-corrected chi connectivity index (χ2v) is 6.67. The minimum atomic E-state index is -0.414. The first kappa shape index (κ1) is 17.8. The summed E-state index contributed by atoms with van der Waals surface area (Å²) in [4.78, 5) is 16.9. The lowest BCUT2D eigenvalue weighted by Gasteiger charge is -2.09. The number of nitrogens with one attached hydrogen (secondary N) is 1. The molecular weight excluding hydrogens is 354 g/mol. The number of amides is 1. The highest BCUT2D eigenvalue weighted by Gasteiger charge is 2.38. The quantitative estimate of drug-likeness (QED) is 0.644. The highest BCUT2D eigenvalue weighted by molar-refractivity contribution is 5.94. The number of nitrogens with zero attached hydrogens (tertiary/aromatic N) is 6. The molecule has 3 aromatic rings. The van der Waals surface area contributed by atoms with Gasteiger partial charge >= 0.3 is 0 Å². The number of hydrogen-bond acceptors (Lipinski definition) is 6. The first-order valence-electron chi connectivity index (χ1n) is 9.06. The van der Waals surface area contributed by atoms with Gasteiger partial charge in [-0.05, 0) is 31.2 Å². The summed E-state index contributed by atoms with van der Waals surface area (Å²) >= 11 is 0. The molecule has 0 bridgehead atoms. The molecule has 0 radical (unpaired) electrons. The number of aromatic nitrogens is 4. The van der Waals surface area contributed by atoms with E-state index in [2.05, 4.69) is 36.8 Å². The van der Waals surface area contributed by atoms with Crippen LogP contribution in [0.15, 0.2) is 46.8 Å². The highest BCUT2D eigenvalue weighted by atomic mass is 16.2. The first-order chi connectivity index (χ1) is 13.6. The van der Waals surface area contributed by atoms with Gasteiger partial charge in [-0.25, -0.2) is 4.68 Å². The normalized spacial score (nSPS) is 14.0. The van der Waals surface area contributed by atoms with Gasteiger partial charge in [0.2, 0.25) is 0 Å². The number of hydrogen-bond donors (Lipinski definition) is 1. The molecule has 8 heteroatoms. The van der Waals surface area contributed by atoms with Crippen LogP contribution in [0.3, 0.4) is 0 Å². The van der Waals surface area contributed by atoms with Gasteiger partial charge in [-0.3, -0.25) is 9.78 Å². The van der Waals surface area contributed by atoms with E-state index in [-0.39, 0.29) is 5.91 Å². The third kappa shape index (κ3) is 3.34. The molecule has 140 valence electrons. The molecule has 2 aromatic heterocycles. The van der Waals surface area contributed by atoms with E-state index in [4.69, 9.17) is 6.42 Å². The summed E-state index contributed by atoms with van der Waals surface area (Å²) in [6, 6.07) is 9.61. The van der Waals surface area contributed by atoms with Gasteiger partial charge in [0.15, 0.2) is 11.4 Å². The van der Waals surface area contributed by atoms with Crippen LogP contribution in [0.4, 0.5) is 0 Å². The summed E-state index contributed by atoms with van der Waals surface area (Å²) in [6.45, 7) is 2.27. The molecule has 0 spiro atoms. The van der Waals surface area contributed by atoms with Crippen molar-refractivity contribution in [3.8, 4) is 18.0 Å². The van der Waals surface area contributed by atoms with Gasteiger partial charge in [-0.1, -0.05) is 11.3 Å². The Labute approximate surface area is 162 Å². The number of fused-ring (bicyclic) bond motifs is 1. The monoisotopic (exact) mass is 373 g/mol. The molecule has 4 rings (SSSR count). The molecule has 0 saturated carbocycles. The van der Waals surface area contributed by atoms with Crippen molar-refractivity contribution in [3.63, 3.8) is 0 Å². The zero-order valence-corrected chi connectivity index (χ0v) is 15.5. The van der Waals surface area contributed by atoms with Gasteiger partial charge in [0.1, 0.15) is 0 Å². The maximum atomic E-state index is 12.6. The van der Waals surface area contributed by atoms with E-state index in [9.17, 15) is 4.79 Å². The summed E-state index contributed by atoms with van der Waals surface area (Å²) < 4.78 is 1.67. The standard InChI is InChI=1S/C20H19N7O/c1-3-4-10-20(24-25-20)11-13-22-19(28)18-14(2)27(26-23-18)17-9-5-8-16-15(17)7-6-12-21-16/h1,5-9,12H,4,10-11,13H2,2H3,(H,22,28). The summed E-state index contributed by atoms with van der Waals surface area (Å²) in [5.41, 5.74) is 2.23. The van der Waals surface area contributed by atoms with Gasteiger partial charge in [0.05, 0.1) is 16.9 Å². The molecule has 3 heterocycles. The number of pyridine rings is 1. The second-order valence-electron chi connectivity index (χ2n) is 6.67. The van der Waals surface area contributed by atoms with Crippen molar-refractivity contribution in [2.75, 3.05) is 6.54 Å². The van der Waals surface area contributed by atoms with Crippen LogP contribution >= 0.6 is 0 Å². The summed E-state index contributed by atoms with van der Waals surface area (Å²) in [7, 11) is 0. The van der Waals surface area contributed by atoms with Crippen LogP contribution in [0, 0.1) is 19.3 Å². The Balaban J connectivity index is 1.48. The molecule has 0 aliphatic carbocycles. The van der Waals surface area contributed by atoms with Crippen molar-refractivity contribution >= 4 is 16.8 Å². The molecule has 1 aliphatic heterocycles. The van der Waals surface area contributed by atoms with Crippen molar-refractivity contribution in [3.05, 3.63) is 47.9 Å². The predicted molar refractivity (Wildman–Crippen MR) is 104 cm³/mol. The zero-order valence-electron chi connectivity index (χ0n) is 15.5. The second kappa shape index (κ2) is 7.19. The fourth-order valence-electron chi connectivity index (χ4n) is 3.17. The van der Waals surface area contributed by atoms with Gasteiger partial charge in [-0.2, -0.15) is 10.2 Å². The molecule has 1 amide bonds. The summed E-state index contributed by atoms with van der Waals surface area (Å²) in [5.74, 6) is 2.33. The fourth-order valence-corrected chi connectivity index (χ4v) is 3.17. The van der Waals surface area contributed by atoms with Crippen LogP contribution < -0.4 is 5.32 Å². The Morgan fingerprint density at radius 3 is 2.89 bits per heavy atom. The molecule has 0 unspecified atom stereocenters. The molecule has 1 aromatic carbocycles. The minimum absolute atomic E-state index is 0.269. The summed E-state index contributed by atoms with van der Waals surface area (Å²) in [5, 5.41) is 20.2. The Morgan fingerprint density at radius 1 is 1.25 bits per heavy atom. The van der Waals surface area contributed by atoms with Crippen molar-refractivity contribution in [1.82, 2.24) is 25.3 Å². The van der Waals surface area contributed by atoms with Crippen LogP contribution in [-0.4, -0.2) is 38.1 Å². The molecule has 1 N–H and O–H groups in total. The molecule has 0 atom stereocenters. The number of carbonyl (C=O) groups is 1. The van der Waals surface area contributed by atoms with E-state index in [0.717, 1.165) is 16.6 Å². The van der Waals surface area contributed by atoms with Crippen LogP contribution in [0.5, 0.6) is 0 Å². The lowest BCUT2D eigenvalue weighted by molar-refractivity contribution is 0.0946. The fraction of sp³-hybridized carbons (Fsp3) is 0.300. The lowest BCUT2D eigenvalue weighted by Crippen LogP contribution is -2.29. The Morgan fingerprint density at radius 2 is 2.11 bits per heavy atom. The topological polar surface area (TPSA) is 97.4 Å². The first-order valence-corrected chi connectivity index (χ1v) is 9.06. The maximum absolute atomic E-state index is 12.6. The SMILES string of the molecule is C#CCCC1(CCNC(=O)c2nnn(-c3cccc4ncccc34)c2C)N=N1. The number of rotatable bonds is 7. The van der Waals surface area contributed by atoms with Crippen molar-refractivity contribution < 1.29 is 4.79 Å². The molecule has 1 aliphatic rings. The van der Waals surface area contributed by atoms with E-state index in [0.29, 0.717) is 37.2 Å². The van der Waals surface area contributed by atoms with E-state index in [1.54, 1.807) is 10.9 Å². The van der Waals surface area contributed by atoms with E-state index < -0.39 is 5.66 Å². The van der Waals surface area contributed by atoms with Crippen LogP contribution in [-0.2, 0) is 0 Å². The maximum Gasteiger partial charge on any atom is 0.273 e. The molecule has 28 heavy (non-hydrogen) atoms. The average molecular weight is 373 g/mol. The Kier molecular flexibility index (Phi) is 4.57. The number of terminal acetylenes is 1. The van der Waals surface area contributed by atoms with Crippen LogP contribution in [0.1, 0.15) is 35.4 Å².